The molecule has 3 amide bonds. The maximum atomic E-state index is 13.3. The summed E-state index contributed by atoms with van der Waals surface area (Å²) in [6.45, 7) is 6.54. The van der Waals surface area contributed by atoms with Crippen molar-refractivity contribution >= 4 is 23.7 Å². The molecule has 168 valence electrons. The molecule has 1 unspecified atom stereocenters. The Labute approximate surface area is 178 Å². The quantitative estimate of drug-likeness (QED) is 0.597. The van der Waals surface area contributed by atoms with Crippen LogP contribution in [0.1, 0.15) is 46.0 Å². The van der Waals surface area contributed by atoms with Gasteiger partial charge in [0.15, 0.2) is 0 Å². The van der Waals surface area contributed by atoms with Crippen molar-refractivity contribution in [1.29, 1.82) is 0 Å². The van der Waals surface area contributed by atoms with Crippen LogP contribution in [0.5, 0.6) is 0 Å². The smallest absolute Gasteiger partial charge is 0.325 e. The van der Waals surface area contributed by atoms with Gasteiger partial charge in [-0.25, -0.2) is 0 Å². The van der Waals surface area contributed by atoms with Crippen molar-refractivity contribution in [2.45, 2.75) is 57.5 Å². The molecule has 0 bridgehead atoms. The lowest BCUT2D eigenvalue weighted by atomic mass is 9.86. The lowest BCUT2D eigenvalue weighted by Gasteiger charge is -2.50. The molecular weight excluding hydrogens is 388 g/mol. The van der Waals surface area contributed by atoms with Crippen LogP contribution in [0, 0.1) is 0 Å². The molecular formula is C21H34N4O5. The van der Waals surface area contributed by atoms with E-state index in [1.807, 2.05) is 11.9 Å². The van der Waals surface area contributed by atoms with E-state index in [2.05, 4.69) is 4.90 Å². The Bertz CT molecular complexity index is 699. The van der Waals surface area contributed by atoms with Crippen molar-refractivity contribution in [2.24, 2.45) is 0 Å². The Kier molecular flexibility index (Phi) is 7.00. The van der Waals surface area contributed by atoms with Crippen molar-refractivity contribution in [2.75, 3.05) is 52.9 Å². The van der Waals surface area contributed by atoms with Gasteiger partial charge in [-0.15, -0.1) is 0 Å². The van der Waals surface area contributed by atoms with E-state index >= 15 is 0 Å². The number of likely N-dealkylation sites (N-methyl/N-ethyl adjacent to an activating group) is 1. The number of hydrogen-bond donors (Lipinski definition) is 0. The Morgan fingerprint density at radius 3 is 2.60 bits per heavy atom. The molecule has 0 saturated carbocycles. The van der Waals surface area contributed by atoms with Crippen LogP contribution in [0.15, 0.2) is 0 Å². The van der Waals surface area contributed by atoms with Crippen LogP contribution in [0.25, 0.3) is 0 Å². The van der Waals surface area contributed by atoms with Gasteiger partial charge in [-0.05, 0) is 39.7 Å². The molecule has 9 nitrogen and oxygen atoms in total. The Morgan fingerprint density at radius 2 is 1.90 bits per heavy atom. The summed E-state index contributed by atoms with van der Waals surface area (Å²) in [6.07, 6.45) is 3.25. The molecule has 0 aromatic rings. The van der Waals surface area contributed by atoms with E-state index in [1.165, 1.54) is 6.92 Å². The molecule has 0 radical (unpaired) electrons. The average molecular weight is 423 g/mol. The van der Waals surface area contributed by atoms with Crippen molar-refractivity contribution < 1.29 is 23.9 Å². The molecule has 3 aliphatic rings. The van der Waals surface area contributed by atoms with Gasteiger partial charge < -0.3 is 19.4 Å². The van der Waals surface area contributed by atoms with Gasteiger partial charge in [-0.2, -0.15) is 0 Å². The fraction of sp³-hybridized carbons (Fsp3) is 0.810. The number of rotatable bonds is 4. The Morgan fingerprint density at radius 1 is 1.13 bits per heavy atom. The standard InChI is InChI=1S/C21H34N4O5/c1-4-30-19(28)14-23-11-9-21(8-7-18(23)27)15-24(13-12-22(21)3)20(29)17-6-5-10-25(17)16(2)26/h17H,4-15H2,1-3H3/t17-,21?/m1/s1. The number of ether oxygens (including phenoxy) is 1. The summed E-state index contributed by atoms with van der Waals surface area (Å²) in [4.78, 5) is 57.0. The average Bonchev–Trinajstić information content (AvgIpc) is 3.15. The number of likely N-dealkylation sites (tertiary alicyclic amines) is 2. The summed E-state index contributed by atoms with van der Waals surface area (Å²) >= 11 is 0. The number of esters is 1. The van der Waals surface area contributed by atoms with Gasteiger partial charge in [0, 0.05) is 51.6 Å². The van der Waals surface area contributed by atoms with Crippen molar-refractivity contribution in [1.82, 2.24) is 19.6 Å². The fourth-order valence-corrected chi connectivity index (χ4v) is 5.02. The molecule has 3 saturated heterocycles. The second-order valence-electron chi connectivity index (χ2n) is 8.65. The lowest BCUT2D eigenvalue weighted by Crippen LogP contribution is -2.64. The van der Waals surface area contributed by atoms with E-state index in [0.29, 0.717) is 58.5 Å². The molecule has 0 N–H and O–H groups in total. The predicted molar refractivity (Wildman–Crippen MR) is 109 cm³/mol. The molecule has 3 fully saturated rings. The fourth-order valence-electron chi connectivity index (χ4n) is 5.02. The first-order chi connectivity index (χ1) is 14.3. The summed E-state index contributed by atoms with van der Waals surface area (Å²) in [5.74, 6) is -0.463. The zero-order valence-corrected chi connectivity index (χ0v) is 18.4. The first-order valence-corrected chi connectivity index (χ1v) is 11.0. The van der Waals surface area contributed by atoms with Crippen LogP contribution in [0.2, 0.25) is 0 Å². The summed E-state index contributed by atoms with van der Waals surface area (Å²) in [6, 6.07) is -0.365. The molecule has 9 heteroatoms. The number of carbonyl (C=O) groups is 4. The summed E-state index contributed by atoms with van der Waals surface area (Å²) in [5, 5.41) is 0. The number of piperazine rings is 1. The highest BCUT2D eigenvalue weighted by atomic mass is 16.5. The largest absolute Gasteiger partial charge is 0.465 e. The summed E-state index contributed by atoms with van der Waals surface area (Å²) < 4.78 is 5.00. The van der Waals surface area contributed by atoms with E-state index in [1.54, 1.807) is 16.7 Å². The molecule has 0 aliphatic carbocycles. The minimum atomic E-state index is -0.388. The topological polar surface area (TPSA) is 90.5 Å². The minimum absolute atomic E-state index is 0.0223. The third-order valence-electron chi connectivity index (χ3n) is 6.88. The second kappa shape index (κ2) is 9.32. The van der Waals surface area contributed by atoms with E-state index < -0.39 is 0 Å². The van der Waals surface area contributed by atoms with Crippen molar-refractivity contribution in [3.63, 3.8) is 0 Å². The Hall–Kier alpha value is -2.16. The Balaban J connectivity index is 1.70. The number of carbonyl (C=O) groups excluding carboxylic acids is 4. The SMILES string of the molecule is CCOC(=O)CN1CCC2(CCC1=O)CN(C(=O)[C@H]1CCCN1C(C)=O)CCN2C. The third-order valence-corrected chi connectivity index (χ3v) is 6.88. The van der Waals surface area contributed by atoms with E-state index in [9.17, 15) is 19.2 Å². The monoisotopic (exact) mass is 422 g/mol. The molecule has 3 rings (SSSR count). The summed E-state index contributed by atoms with van der Waals surface area (Å²) in [7, 11) is 2.05. The van der Waals surface area contributed by atoms with Crippen LogP contribution in [0.3, 0.4) is 0 Å². The number of hydrogen-bond acceptors (Lipinski definition) is 6. The van der Waals surface area contributed by atoms with E-state index in [0.717, 1.165) is 13.0 Å². The first-order valence-electron chi connectivity index (χ1n) is 11.0. The highest BCUT2D eigenvalue weighted by Crippen LogP contribution is 2.33. The van der Waals surface area contributed by atoms with E-state index in [4.69, 9.17) is 4.74 Å². The predicted octanol–water partition coefficient (Wildman–Crippen LogP) is 0.0857. The molecule has 3 aliphatic heterocycles. The van der Waals surface area contributed by atoms with Crippen LogP contribution in [0.4, 0.5) is 0 Å². The van der Waals surface area contributed by atoms with Gasteiger partial charge in [0.1, 0.15) is 12.6 Å². The van der Waals surface area contributed by atoms with Crippen LogP contribution in [-0.2, 0) is 23.9 Å². The first kappa shape index (κ1) is 22.5. The molecule has 3 heterocycles. The van der Waals surface area contributed by atoms with Gasteiger partial charge in [0.05, 0.1) is 6.61 Å². The normalized spacial score (nSPS) is 28.0. The van der Waals surface area contributed by atoms with Crippen molar-refractivity contribution in [3.8, 4) is 0 Å². The highest BCUT2D eigenvalue weighted by Gasteiger charge is 2.45. The number of nitrogens with zero attached hydrogens (tertiary/aromatic N) is 4. The molecule has 30 heavy (non-hydrogen) atoms. The molecule has 0 aromatic heterocycles. The van der Waals surface area contributed by atoms with Crippen molar-refractivity contribution in [3.05, 3.63) is 0 Å². The minimum Gasteiger partial charge on any atom is -0.465 e. The van der Waals surface area contributed by atoms with Gasteiger partial charge in [0.2, 0.25) is 17.7 Å². The third kappa shape index (κ3) is 4.61. The molecule has 2 atom stereocenters. The molecule has 0 aromatic carbocycles. The highest BCUT2D eigenvalue weighted by molar-refractivity contribution is 5.87. The van der Waals surface area contributed by atoms with Gasteiger partial charge in [-0.1, -0.05) is 0 Å². The molecule has 1 spiro atoms. The number of amides is 3. The van der Waals surface area contributed by atoms with Gasteiger partial charge in [-0.3, -0.25) is 24.1 Å². The van der Waals surface area contributed by atoms with Crippen LogP contribution < -0.4 is 0 Å². The van der Waals surface area contributed by atoms with Gasteiger partial charge >= 0.3 is 5.97 Å². The van der Waals surface area contributed by atoms with Crippen LogP contribution in [-0.4, -0.2) is 108 Å². The van der Waals surface area contributed by atoms with Gasteiger partial charge in [0.25, 0.3) is 0 Å². The van der Waals surface area contributed by atoms with Crippen LogP contribution >= 0.6 is 0 Å². The van der Waals surface area contributed by atoms with E-state index in [-0.39, 0.29) is 41.8 Å². The zero-order chi connectivity index (χ0) is 21.9. The second-order valence-corrected chi connectivity index (χ2v) is 8.65. The lowest BCUT2D eigenvalue weighted by molar-refractivity contribution is -0.148. The maximum absolute atomic E-state index is 13.3. The summed E-state index contributed by atoms with van der Waals surface area (Å²) in [5.41, 5.74) is -0.299. The maximum Gasteiger partial charge on any atom is 0.325 e. The zero-order valence-electron chi connectivity index (χ0n) is 18.4.